The lowest BCUT2D eigenvalue weighted by molar-refractivity contribution is 0.0991. The molecular weight excluding hydrogens is 138 g/mol. The molecule has 0 bridgehead atoms. The van der Waals surface area contributed by atoms with Crippen LogP contribution in [0.4, 0.5) is 8.78 Å². The summed E-state index contributed by atoms with van der Waals surface area (Å²) in [6.07, 6.45) is -1.36. The lowest BCUT2D eigenvalue weighted by Gasteiger charge is -2.13. The van der Waals surface area contributed by atoms with Gasteiger partial charge in [0.15, 0.2) is 0 Å². The zero-order valence-corrected chi connectivity index (χ0v) is 5.76. The largest absolute Gasteiger partial charge is 0.326 e. The summed E-state index contributed by atoms with van der Waals surface area (Å²) in [5.41, 5.74) is 5.51. The molecular formula is C6H12F2N2. The molecule has 1 saturated heterocycles. The van der Waals surface area contributed by atoms with Gasteiger partial charge in [0, 0.05) is 12.6 Å². The number of likely N-dealkylation sites (tertiary alicyclic amines) is 1. The Kier molecular flexibility index (Phi) is 2.56. The topological polar surface area (TPSA) is 29.3 Å². The molecule has 4 heteroatoms. The van der Waals surface area contributed by atoms with Crippen LogP contribution in [0.25, 0.3) is 0 Å². The van der Waals surface area contributed by atoms with Crippen molar-refractivity contribution in [2.45, 2.75) is 18.9 Å². The normalized spacial score (nSPS) is 28.2. The molecule has 1 rings (SSSR count). The van der Waals surface area contributed by atoms with Crippen molar-refractivity contribution in [3.05, 3.63) is 0 Å². The van der Waals surface area contributed by atoms with E-state index in [0.29, 0.717) is 6.54 Å². The van der Waals surface area contributed by atoms with Gasteiger partial charge in [-0.1, -0.05) is 0 Å². The Hall–Kier alpha value is -0.220. The molecule has 0 spiro atoms. The summed E-state index contributed by atoms with van der Waals surface area (Å²) in [5, 5.41) is 0. The van der Waals surface area contributed by atoms with E-state index in [4.69, 9.17) is 5.73 Å². The molecule has 60 valence electrons. The van der Waals surface area contributed by atoms with Crippen molar-refractivity contribution in [3.63, 3.8) is 0 Å². The summed E-state index contributed by atoms with van der Waals surface area (Å²) >= 11 is 0. The van der Waals surface area contributed by atoms with Crippen molar-refractivity contribution in [3.8, 4) is 0 Å². The molecule has 1 aliphatic rings. The monoisotopic (exact) mass is 150 g/mol. The summed E-state index contributed by atoms with van der Waals surface area (Å²) < 4.78 is 23.5. The van der Waals surface area contributed by atoms with Crippen LogP contribution in [0.1, 0.15) is 6.42 Å². The Morgan fingerprint density at radius 1 is 1.60 bits per heavy atom. The number of nitrogens with two attached hydrogens (primary N) is 1. The fourth-order valence-corrected chi connectivity index (χ4v) is 1.22. The third-order valence-corrected chi connectivity index (χ3v) is 1.71. The molecule has 0 aromatic rings. The van der Waals surface area contributed by atoms with Gasteiger partial charge < -0.3 is 5.73 Å². The van der Waals surface area contributed by atoms with Crippen molar-refractivity contribution in [2.75, 3.05) is 19.6 Å². The molecule has 0 unspecified atom stereocenters. The van der Waals surface area contributed by atoms with Crippen LogP contribution < -0.4 is 5.73 Å². The Balaban J connectivity index is 2.18. The van der Waals surface area contributed by atoms with E-state index in [1.165, 1.54) is 0 Å². The molecule has 2 nitrogen and oxygen atoms in total. The lowest BCUT2D eigenvalue weighted by Crippen LogP contribution is -2.30. The fourth-order valence-electron chi connectivity index (χ4n) is 1.22. The van der Waals surface area contributed by atoms with E-state index >= 15 is 0 Å². The third-order valence-electron chi connectivity index (χ3n) is 1.71. The van der Waals surface area contributed by atoms with Crippen molar-refractivity contribution in [1.29, 1.82) is 0 Å². The number of rotatable bonds is 2. The minimum absolute atomic E-state index is 0.110. The molecule has 0 aromatic carbocycles. The van der Waals surface area contributed by atoms with Gasteiger partial charge in [0.05, 0.1) is 6.54 Å². The highest BCUT2D eigenvalue weighted by Gasteiger charge is 2.21. The van der Waals surface area contributed by atoms with E-state index < -0.39 is 6.43 Å². The van der Waals surface area contributed by atoms with Gasteiger partial charge in [0.1, 0.15) is 0 Å². The number of halogens is 2. The molecule has 1 fully saturated rings. The van der Waals surface area contributed by atoms with Crippen molar-refractivity contribution in [1.82, 2.24) is 4.90 Å². The van der Waals surface area contributed by atoms with Crippen LogP contribution in [0.5, 0.6) is 0 Å². The molecule has 0 aliphatic carbocycles. The fraction of sp³-hybridized carbons (Fsp3) is 1.00. The van der Waals surface area contributed by atoms with E-state index in [1.807, 2.05) is 0 Å². The first-order valence-corrected chi connectivity index (χ1v) is 3.44. The van der Waals surface area contributed by atoms with Gasteiger partial charge in [0.2, 0.25) is 0 Å². The van der Waals surface area contributed by atoms with Crippen LogP contribution in [0.2, 0.25) is 0 Å². The predicted octanol–water partition coefficient (Wildman–Crippen LogP) is 0.284. The van der Waals surface area contributed by atoms with Crippen LogP contribution in [-0.4, -0.2) is 37.0 Å². The molecule has 10 heavy (non-hydrogen) atoms. The molecule has 0 saturated carbocycles. The van der Waals surface area contributed by atoms with Gasteiger partial charge in [-0.2, -0.15) is 0 Å². The van der Waals surface area contributed by atoms with Gasteiger partial charge in [0.25, 0.3) is 6.43 Å². The minimum Gasteiger partial charge on any atom is -0.326 e. The molecule has 0 radical (unpaired) electrons. The van der Waals surface area contributed by atoms with Crippen molar-refractivity contribution >= 4 is 0 Å². The maximum Gasteiger partial charge on any atom is 0.251 e. The molecule has 1 atom stereocenters. The molecule has 1 heterocycles. The zero-order chi connectivity index (χ0) is 7.56. The molecule has 2 N–H and O–H groups in total. The molecule has 0 aromatic heterocycles. The highest BCUT2D eigenvalue weighted by molar-refractivity contribution is 4.77. The van der Waals surface area contributed by atoms with Crippen LogP contribution in [0.3, 0.4) is 0 Å². The standard InChI is InChI=1S/C6H12F2N2/c7-6(8)4-10-2-1-5(9)3-10/h5-6H,1-4,9H2/t5-/m1/s1. The predicted molar refractivity (Wildman–Crippen MR) is 35.0 cm³/mol. The number of hydrogen-bond acceptors (Lipinski definition) is 2. The Labute approximate surface area is 59.0 Å². The summed E-state index contributed by atoms with van der Waals surface area (Å²) in [7, 11) is 0. The van der Waals surface area contributed by atoms with Gasteiger partial charge >= 0.3 is 0 Å². The Morgan fingerprint density at radius 2 is 2.30 bits per heavy atom. The first-order valence-electron chi connectivity index (χ1n) is 3.44. The molecule has 0 amide bonds. The Bertz CT molecular complexity index is 108. The average molecular weight is 150 g/mol. The molecule has 1 aliphatic heterocycles. The van der Waals surface area contributed by atoms with E-state index in [2.05, 4.69) is 0 Å². The first-order chi connectivity index (χ1) is 4.68. The highest BCUT2D eigenvalue weighted by atomic mass is 19.3. The van der Waals surface area contributed by atoms with Crippen LogP contribution >= 0.6 is 0 Å². The van der Waals surface area contributed by atoms with Crippen LogP contribution in [-0.2, 0) is 0 Å². The Morgan fingerprint density at radius 3 is 2.70 bits per heavy atom. The average Bonchev–Trinajstić information content (AvgIpc) is 2.13. The maximum atomic E-state index is 11.7. The second kappa shape index (κ2) is 3.25. The van der Waals surface area contributed by atoms with Crippen LogP contribution in [0, 0.1) is 0 Å². The van der Waals surface area contributed by atoms with Gasteiger partial charge in [-0.15, -0.1) is 0 Å². The zero-order valence-electron chi connectivity index (χ0n) is 5.76. The number of alkyl halides is 2. The van der Waals surface area contributed by atoms with E-state index in [0.717, 1.165) is 13.0 Å². The van der Waals surface area contributed by atoms with Crippen LogP contribution in [0.15, 0.2) is 0 Å². The number of hydrogen-bond donors (Lipinski definition) is 1. The minimum atomic E-state index is -2.22. The van der Waals surface area contributed by atoms with Gasteiger partial charge in [-0.3, -0.25) is 4.90 Å². The second-order valence-corrected chi connectivity index (χ2v) is 2.70. The first kappa shape index (κ1) is 7.88. The smallest absolute Gasteiger partial charge is 0.251 e. The second-order valence-electron chi connectivity index (χ2n) is 2.70. The van der Waals surface area contributed by atoms with Crippen molar-refractivity contribution in [2.24, 2.45) is 5.73 Å². The van der Waals surface area contributed by atoms with Gasteiger partial charge in [-0.25, -0.2) is 8.78 Å². The maximum absolute atomic E-state index is 11.7. The van der Waals surface area contributed by atoms with Crippen molar-refractivity contribution < 1.29 is 8.78 Å². The number of nitrogens with zero attached hydrogens (tertiary/aromatic N) is 1. The van der Waals surface area contributed by atoms with Gasteiger partial charge in [-0.05, 0) is 13.0 Å². The van der Waals surface area contributed by atoms with E-state index in [-0.39, 0.29) is 12.6 Å². The SMILES string of the molecule is N[C@@H]1CCN(CC(F)F)C1. The summed E-state index contributed by atoms with van der Waals surface area (Å²) in [4.78, 5) is 1.70. The quantitative estimate of drug-likeness (QED) is 0.612. The summed E-state index contributed by atoms with van der Waals surface area (Å²) in [6, 6.07) is 0.110. The third kappa shape index (κ3) is 2.19. The summed E-state index contributed by atoms with van der Waals surface area (Å²) in [6.45, 7) is 1.24. The highest BCUT2D eigenvalue weighted by Crippen LogP contribution is 2.08. The lowest BCUT2D eigenvalue weighted by atomic mass is 10.3. The van der Waals surface area contributed by atoms with E-state index in [9.17, 15) is 8.78 Å². The van der Waals surface area contributed by atoms with E-state index in [1.54, 1.807) is 4.90 Å². The summed E-state index contributed by atoms with van der Waals surface area (Å²) in [5.74, 6) is 0.